The molecule has 0 spiro atoms. The molecule has 0 atom stereocenters. The first-order chi connectivity index (χ1) is 11.9. The SMILES string of the molecule is ClCCc1nc2cnc3ccccc3c2n1OCc1ccccc1. The highest BCUT2D eigenvalue weighted by Gasteiger charge is 2.15. The number of hydrogen-bond acceptors (Lipinski definition) is 3. The highest BCUT2D eigenvalue weighted by atomic mass is 35.5. The number of para-hydroxylation sites is 1. The summed E-state index contributed by atoms with van der Waals surface area (Å²) in [5.41, 5.74) is 3.79. The topological polar surface area (TPSA) is 39.9 Å². The number of fused-ring (bicyclic) bond motifs is 3. The average Bonchev–Trinajstić information content (AvgIpc) is 2.99. The highest BCUT2D eigenvalue weighted by Crippen LogP contribution is 2.24. The fraction of sp³-hybridized carbons (Fsp3) is 0.158. The zero-order valence-corrected chi connectivity index (χ0v) is 13.8. The molecule has 0 saturated heterocycles. The fourth-order valence-corrected chi connectivity index (χ4v) is 2.99. The molecule has 0 aliphatic rings. The van der Waals surface area contributed by atoms with Crippen molar-refractivity contribution >= 4 is 33.5 Å². The molecular formula is C19H16ClN3O. The number of imidazole rings is 1. The molecule has 2 heterocycles. The molecule has 2 aromatic heterocycles. The van der Waals surface area contributed by atoms with Crippen molar-refractivity contribution in [1.82, 2.24) is 14.7 Å². The van der Waals surface area contributed by atoms with Crippen molar-refractivity contribution in [2.45, 2.75) is 13.0 Å². The molecule has 5 heteroatoms. The number of pyridine rings is 1. The minimum atomic E-state index is 0.470. The van der Waals surface area contributed by atoms with Crippen LogP contribution in [0.25, 0.3) is 21.9 Å². The summed E-state index contributed by atoms with van der Waals surface area (Å²) in [6.07, 6.45) is 2.43. The van der Waals surface area contributed by atoms with Crippen LogP contribution in [0.4, 0.5) is 0 Å². The van der Waals surface area contributed by atoms with Crippen LogP contribution in [0, 0.1) is 0 Å². The third kappa shape index (κ3) is 2.69. The Morgan fingerprint density at radius 1 is 0.958 bits per heavy atom. The molecule has 0 saturated carbocycles. The molecule has 0 bridgehead atoms. The lowest BCUT2D eigenvalue weighted by Crippen LogP contribution is -2.15. The molecule has 2 aromatic carbocycles. The van der Waals surface area contributed by atoms with Gasteiger partial charge in [-0.05, 0) is 11.6 Å². The van der Waals surface area contributed by atoms with Gasteiger partial charge in [-0.1, -0.05) is 48.5 Å². The van der Waals surface area contributed by atoms with Gasteiger partial charge in [-0.2, -0.15) is 4.73 Å². The van der Waals surface area contributed by atoms with Crippen LogP contribution in [0.1, 0.15) is 11.4 Å². The molecule has 0 aliphatic carbocycles. The van der Waals surface area contributed by atoms with Gasteiger partial charge in [0.2, 0.25) is 0 Å². The number of halogens is 1. The lowest BCUT2D eigenvalue weighted by Gasteiger charge is -2.11. The van der Waals surface area contributed by atoms with Crippen LogP contribution in [-0.4, -0.2) is 20.6 Å². The van der Waals surface area contributed by atoms with Crippen LogP contribution in [0.3, 0.4) is 0 Å². The van der Waals surface area contributed by atoms with E-state index in [-0.39, 0.29) is 0 Å². The Labute approximate surface area is 144 Å². The second-order valence-electron chi connectivity index (χ2n) is 5.53. The Balaban J connectivity index is 1.83. The third-order valence-electron chi connectivity index (χ3n) is 3.94. The van der Waals surface area contributed by atoms with E-state index in [1.807, 2.05) is 59.3 Å². The average molecular weight is 338 g/mol. The largest absolute Gasteiger partial charge is 0.407 e. The number of aromatic nitrogens is 3. The van der Waals surface area contributed by atoms with Gasteiger partial charge in [0.1, 0.15) is 23.5 Å². The van der Waals surface area contributed by atoms with Gasteiger partial charge in [-0.3, -0.25) is 4.98 Å². The van der Waals surface area contributed by atoms with Crippen LogP contribution in [0.15, 0.2) is 60.8 Å². The standard InChI is InChI=1S/C19H16ClN3O/c20-11-10-18-22-17-12-21-16-9-5-4-8-15(16)19(17)23(18)24-13-14-6-2-1-3-7-14/h1-9,12H,10-11,13H2. The zero-order chi connectivity index (χ0) is 16.4. The minimum Gasteiger partial charge on any atom is -0.407 e. The predicted molar refractivity (Wildman–Crippen MR) is 96.2 cm³/mol. The van der Waals surface area contributed by atoms with E-state index in [1.54, 1.807) is 6.20 Å². The maximum Gasteiger partial charge on any atom is 0.147 e. The van der Waals surface area contributed by atoms with Crippen LogP contribution >= 0.6 is 11.6 Å². The van der Waals surface area contributed by atoms with Crippen molar-refractivity contribution in [3.05, 3.63) is 72.2 Å². The van der Waals surface area contributed by atoms with Crippen LogP contribution in [0.2, 0.25) is 0 Å². The summed E-state index contributed by atoms with van der Waals surface area (Å²) in [7, 11) is 0. The van der Waals surface area contributed by atoms with Gasteiger partial charge in [-0.15, -0.1) is 11.6 Å². The second kappa shape index (κ2) is 6.49. The first-order valence-electron chi connectivity index (χ1n) is 7.85. The minimum absolute atomic E-state index is 0.470. The Morgan fingerprint density at radius 2 is 1.75 bits per heavy atom. The summed E-state index contributed by atoms with van der Waals surface area (Å²) in [5, 5.41) is 1.02. The molecular weight excluding hydrogens is 322 g/mol. The Kier molecular flexibility index (Phi) is 4.05. The quantitative estimate of drug-likeness (QED) is 0.517. The first-order valence-corrected chi connectivity index (χ1v) is 8.38. The molecule has 0 radical (unpaired) electrons. The summed E-state index contributed by atoms with van der Waals surface area (Å²) in [6, 6.07) is 18.1. The maximum atomic E-state index is 6.10. The van der Waals surface area contributed by atoms with E-state index < -0.39 is 0 Å². The number of aryl methyl sites for hydroxylation is 1. The van der Waals surface area contributed by atoms with Crippen LogP contribution in [-0.2, 0) is 13.0 Å². The van der Waals surface area contributed by atoms with E-state index in [0.717, 1.165) is 33.3 Å². The first kappa shape index (κ1) is 15.0. The van der Waals surface area contributed by atoms with Gasteiger partial charge < -0.3 is 4.84 Å². The van der Waals surface area contributed by atoms with Gasteiger partial charge in [0, 0.05) is 17.7 Å². The van der Waals surface area contributed by atoms with E-state index in [2.05, 4.69) is 9.97 Å². The summed E-state index contributed by atoms with van der Waals surface area (Å²) >= 11 is 5.95. The van der Waals surface area contributed by atoms with E-state index in [0.29, 0.717) is 18.9 Å². The number of alkyl halides is 1. The number of rotatable bonds is 5. The van der Waals surface area contributed by atoms with E-state index in [9.17, 15) is 0 Å². The van der Waals surface area contributed by atoms with Gasteiger partial charge in [0.05, 0.1) is 11.7 Å². The van der Waals surface area contributed by atoms with Gasteiger partial charge in [0.25, 0.3) is 0 Å². The van der Waals surface area contributed by atoms with Crippen molar-refractivity contribution < 1.29 is 4.84 Å². The van der Waals surface area contributed by atoms with Gasteiger partial charge in [0.15, 0.2) is 0 Å². The maximum absolute atomic E-state index is 6.10. The molecule has 120 valence electrons. The second-order valence-corrected chi connectivity index (χ2v) is 5.91. The Hall–Kier alpha value is -2.59. The van der Waals surface area contributed by atoms with Crippen molar-refractivity contribution in [2.75, 3.05) is 5.88 Å². The highest BCUT2D eigenvalue weighted by molar-refractivity contribution is 6.18. The number of hydrogen-bond donors (Lipinski definition) is 0. The smallest absolute Gasteiger partial charge is 0.147 e. The predicted octanol–water partition coefficient (Wildman–Crippen LogP) is 3.99. The normalized spacial score (nSPS) is 11.2. The molecule has 0 amide bonds. The van der Waals surface area contributed by atoms with E-state index in [1.165, 1.54) is 0 Å². The van der Waals surface area contributed by atoms with Crippen LogP contribution in [0.5, 0.6) is 0 Å². The zero-order valence-electron chi connectivity index (χ0n) is 13.0. The molecule has 0 fully saturated rings. The van der Waals surface area contributed by atoms with Crippen molar-refractivity contribution in [3.8, 4) is 0 Å². The van der Waals surface area contributed by atoms with E-state index in [4.69, 9.17) is 16.4 Å². The summed E-state index contributed by atoms with van der Waals surface area (Å²) in [6.45, 7) is 0.470. The summed E-state index contributed by atoms with van der Waals surface area (Å²) in [5.74, 6) is 1.30. The van der Waals surface area contributed by atoms with Crippen molar-refractivity contribution in [3.63, 3.8) is 0 Å². The van der Waals surface area contributed by atoms with Gasteiger partial charge >= 0.3 is 0 Å². The third-order valence-corrected chi connectivity index (χ3v) is 4.12. The summed E-state index contributed by atoms with van der Waals surface area (Å²) < 4.78 is 1.81. The van der Waals surface area contributed by atoms with Crippen molar-refractivity contribution in [2.24, 2.45) is 0 Å². The molecule has 4 rings (SSSR count). The lowest BCUT2D eigenvalue weighted by molar-refractivity contribution is 0.100. The van der Waals surface area contributed by atoms with Crippen molar-refractivity contribution in [1.29, 1.82) is 0 Å². The van der Waals surface area contributed by atoms with Gasteiger partial charge in [-0.25, -0.2) is 4.98 Å². The number of benzene rings is 2. The number of nitrogens with zero attached hydrogens (tertiary/aromatic N) is 3. The molecule has 0 aliphatic heterocycles. The molecule has 24 heavy (non-hydrogen) atoms. The molecule has 4 nitrogen and oxygen atoms in total. The molecule has 0 unspecified atom stereocenters. The fourth-order valence-electron chi connectivity index (χ4n) is 2.82. The molecule has 0 N–H and O–H groups in total. The monoisotopic (exact) mass is 337 g/mol. The molecule has 4 aromatic rings. The summed E-state index contributed by atoms with van der Waals surface area (Å²) in [4.78, 5) is 15.2. The lowest BCUT2D eigenvalue weighted by atomic mass is 10.2. The Morgan fingerprint density at radius 3 is 2.58 bits per heavy atom. The van der Waals surface area contributed by atoms with E-state index >= 15 is 0 Å². The Bertz CT molecular complexity index is 982. The van der Waals surface area contributed by atoms with Crippen LogP contribution < -0.4 is 4.84 Å².